The van der Waals surface area contributed by atoms with Crippen LogP contribution in [0.1, 0.15) is 18.9 Å². The molecule has 13 heavy (non-hydrogen) atoms. The number of benzene rings is 1. The Balaban J connectivity index is 2.20. The van der Waals surface area contributed by atoms with Crippen molar-refractivity contribution in [2.75, 3.05) is 6.54 Å². The van der Waals surface area contributed by atoms with Crippen molar-refractivity contribution in [3.8, 4) is 11.8 Å². The highest BCUT2D eigenvalue weighted by atomic mass is 14.8. The average Bonchev–Trinajstić information content (AvgIpc) is 2.19. The SMILES string of the molecule is CCC#CCNCc1ccccc1. The molecule has 1 N–H and O–H groups in total. The quantitative estimate of drug-likeness (QED) is 0.545. The Labute approximate surface area is 80.2 Å². The van der Waals surface area contributed by atoms with E-state index in [0.717, 1.165) is 19.5 Å². The zero-order valence-corrected chi connectivity index (χ0v) is 8.01. The van der Waals surface area contributed by atoms with E-state index in [1.54, 1.807) is 0 Å². The van der Waals surface area contributed by atoms with Gasteiger partial charge in [0, 0.05) is 13.0 Å². The van der Waals surface area contributed by atoms with Gasteiger partial charge in [-0.25, -0.2) is 0 Å². The molecule has 0 saturated carbocycles. The molecule has 0 fully saturated rings. The molecular formula is C12H15N. The second-order valence-corrected chi connectivity index (χ2v) is 2.80. The van der Waals surface area contributed by atoms with E-state index in [-0.39, 0.29) is 0 Å². The number of hydrogen-bond acceptors (Lipinski definition) is 1. The maximum Gasteiger partial charge on any atom is 0.0579 e. The van der Waals surface area contributed by atoms with Gasteiger partial charge in [-0.05, 0) is 5.56 Å². The van der Waals surface area contributed by atoms with Crippen LogP contribution in [-0.2, 0) is 6.54 Å². The molecule has 0 amide bonds. The summed E-state index contributed by atoms with van der Waals surface area (Å²) in [6.45, 7) is 3.74. The highest BCUT2D eigenvalue weighted by Crippen LogP contribution is 1.96. The lowest BCUT2D eigenvalue weighted by atomic mass is 10.2. The summed E-state index contributed by atoms with van der Waals surface area (Å²) in [4.78, 5) is 0. The minimum absolute atomic E-state index is 0.780. The monoisotopic (exact) mass is 173 g/mol. The first kappa shape index (κ1) is 9.83. The van der Waals surface area contributed by atoms with Crippen LogP contribution in [0.25, 0.3) is 0 Å². The highest BCUT2D eigenvalue weighted by molar-refractivity contribution is 5.14. The fourth-order valence-electron chi connectivity index (χ4n) is 1.05. The smallest absolute Gasteiger partial charge is 0.0579 e. The van der Waals surface area contributed by atoms with Crippen LogP contribution < -0.4 is 5.32 Å². The molecule has 0 radical (unpaired) electrons. The van der Waals surface area contributed by atoms with Gasteiger partial charge in [-0.2, -0.15) is 0 Å². The molecule has 1 rings (SSSR count). The number of hydrogen-bond donors (Lipinski definition) is 1. The van der Waals surface area contributed by atoms with Crippen LogP contribution in [0.3, 0.4) is 0 Å². The van der Waals surface area contributed by atoms with E-state index in [2.05, 4.69) is 48.3 Å². The summed E-state index contributed by atoms with van der Waals surface area (Å²) >= 11 is 0. The van der Waals surface area contributed by atoms with Crippen molar-refractivity contribution in [2.45, 2.75) is 19.9 Å². The van der Waals surface area contributed by atoms with Gasteiger partial charge in [0.15, 0.2) is 0 Å². The first-order valence-electron chi connectivity index (χ1n) is 4.64. The molecular weight excluding hydrogens is 158 g/mol. The molecule has 68 valence electrons. The van der Waals surface area contributed by atoms with Gasteiger partial charge in [0.1, 0.15) is 0 Å². The van der Waals surface area contributed by atoms with E-state index in [0.29, 0.717) is 0 Å². The lowest BCUT2D eigenvalue weighted by Gasteiger charge is -1.99. The fourth-order valence-corrected chi connectivity index (χ4v) is 1.05. The Bertz CT molecular complexity index is 279. The van der Waals surface area contributed by atoms with Gasteiger partial charge in [-0.3, -0.25) is 0 Å². The van der Waals surface area contributed by atoms with Gasteiger partial charge >= 0.3 is 0 Å². The molecule has 0 saturated heterocycles. The lowest BCUT2D eigenvalue weighted by molar-refractivity contribution is 0.769. The van der Waals surface area contributed by atoms with Crippen LogP contribution in [0, 0.1) is 11.8 Å². The first-order valence-corrected chi connectivity index (χ1v) is 4.64. The largest absolute Gasteiger partial charge is 0.302 e. The predicted molar refractivity (Wildman–Crippen MR) is 56.2 cm³/mol. The second kappa shape index (κ2) is 6.28. The summed E-state index contributed by atoms with van der Waals surface area (Å²) in [7, 11) is 0. The first-order chi connectivity index (χ1) is 6.43. The average molecular weight is 173 g/mol. The van der Waals surface area contributed by atoms with Crippen molar-refractivity contribution in [3.63, 3.8) is 0 Å². The Morgan fingerprint density at radius 1 is 1.15 bits per heavy atom. The number of rotatable bonds is 3. The topological polar surface area (TPSA) is 12.0 Å². The normalized spacial score (nSPS) is 9.00. The summed E-state index contributed by atoms with van der Waals surface area (Å²) in [6.07, 6.45) is 0.938. The van der Waals surface area contributed by atoms with Gasteiger partial charge in [-0.1, -0.05) is 43.2 Å². The van der Waals surface area contributed by atoms with Crippen LogP contribution >= 0.6 is 0 Å². The maximum atomic E-state index is 3.26. The number of nitrogens with one attached hydrogen (secondary N) is 1. The van der Waals surface area contributed by atoms with Crippen LogP contribution in [-0.4, -0.2) is 6.54 Å². The van der Waals surface area contributed by atoms with Crippen molar-refractivity contribution in [3.05, 3.63) is 35.9 Å². The van der Waals surface area contributed by atoms with Crippen molar-refractivity contribution >= 4 is 0 Å². The zero-order valence-electron chi connectivity index (χ0n) is 8.01. The van der Waals surface area contributed by atoms with E-state index < -0.39 is 0 Å². The van der Waals surface area contributed by atoms with Crippen molar-refractivity contribution in [1.29, 1.82) is 0 Å². The van der Waals surface area contributed by atoms with Crippen LogP contribution in [0.4, 0.5) is 0 Å². The summed E-state index contributed by atoms with van der Waals surface area (Å²) in [6, 6.07) is 10.4. The van der Waals surface area contributed by atoms with Crippen LogP contribution in [0.15, 0.2) is 30.3 Å². The summed E-state index contributed by atoms with van der Waals surface area (Å²) in [5, 5.41) is 3.26. The molecule has 1 aromatic rings. The second-order valence-electron chi connectivity index (χ2n) is 2.80. The van der Waals surface area contributed by atoms with E-state index in [9.17, 15) is 0 Å². The highest BCUT2D eigenvalue weighted by Gasteiger charge is 1.87. The Morgan fingerprint density at radius 3 is 2.62 bits per heavy atom. The molecule has 0 spiro atoms. The summed E-state index contributed by atoms with van der Waals surface area (Å²) in [5.41, 5.74) is 1.31. The predicted octanol–water partition coefficient (Wildman–Crippen LogP) is 2.19. The van der Waals surface area contributed by atoms with Gasteiger partial charge < -0.3 is 5.32 Å². The molecule has 1 nitrogen and oxygen atoms in total. The third-order valence-corrected chi connectivity index (χ3v) is 1.69. The van der Waals surface area contributed by atoms with Crippen LogP contribution in [0.5, 0.6) is 0 Å². The van der Waals surface area contributed by atoms with Gasteiger partial charge in [-0.15, -0.1) is 5.92 Å². The standard InChI is InChI=1S/C12H15N/c1-2-3-7-10-13-11-12-8-5-4-6-9-12/h4-6,8-9,13H,2,10-11H2,1H3. The molecule has 0 aliphatic carbocycles. The third-order valence-electron chi connectivity index (χ3n) is 1.69. The molecule has 0 heterocycles. The minimum Gasteiger partial charge on any atom is -0.302 e. The van der Waals surface area contributed by atoms with Gasteiger partial charge in [0.05, 0.1) is 6.54 Å². The molecule has 0 aromatic heterocycles. The van der Waals surface area contributed by atoms with E-state index in [1.165, 1.54) is 5.56 Å². The van der Waals surface area contributed by atoms with E-state index >= 15 is 0 Å². The molecule has 0 aliphatic heterocycles. The molecule has 1 heteroatoms. The Kier molecular flexibility index (Phi) is 4.74. The zero-order chi connectivity index (χ0) is 9.36. The van der Waals surface area contributed by atoms with E-state index in [1.807, 2.05) is 6.07 Å². The minimum atomic E-state index is 0.780. The Hall–Kier alpha value is -1.26. The maximum absolute atomic E-state index is 3.26. The molecule has 0 atom stereocenters. The molecule has 0 aliphatic rings. The van der Waals surface area contributed by atoms with Crippen molar-refractivity contribution < 1.29 is 0 Å². The van der Waals surface area contributed by atoms with Crippen molar-refractivity contribution in [2.24, 2.45) is 0 Å². The van der Waals surface area contributed by atoms with E-state index in [4.69, 9.17) is 0 Å². The third kappa shape index (κ3) is 4.35. The summed E-state index contributed by atoms with van der Waals surface area (Å²) < 4.78 is 0. The molecule has 0 bridgehead atoms. The molecule has 0 unspecified atom stereocenters. The lowest BCUT2D eigenvalue weighted by Crippen LogP contribution is -2.12. The van der Waals surface area contributed by atoms with Gasteiger partial charge in [0.2, 0.25) is 0 Å². The van der Waals surface area contributed by atoms with Crippen molar-refractivity contribution in [1.82, 2.24) is 5.32 Å². The summed E-state index contributed by atoms with van der Waals surface area (Å²) in [5.74, 6) is 6.07. The Morgan fingerprint density at radius 2 is 1.92 bits per heavy atom. The van der Waals surface area contributed by atoms with Crippen LogP contribution in [0.2, 0.25) is 0 Å². The fraction of sp³-hybridized carbons (Fsp3) is 0.333. The molecule has 1 aromatic carbocycles. The van der Waals surface area contributed by atoms with Gasteiger partial charge in [0.25, 0.3) is 0 Å².